The quantitative estimate of drug-likeness (QED) is 0.716. The van der Waals surface area contributed by atoms with Gasteiger partial charge < -0.3 is 15.0 Å². The van der Waals surface area contributed by atoms with Crippen molar-refractivity contribution in [3.8, 4) is 0 Å². The molecule has 3 rings (SSSR count). The van der Waals surface area contributed by atoms with Crippen LogP contribution >= 0.6 is 0 Å². The molecule has 1 aromatic carbocycles. The first-order chi connectivity index (χ1) is 13.9. The second kappa shape index (κ2) is 10.3. The lowest BCUT2D eigenvalue weighted by atomic mass is 9.85. The van der Waals surface area contributed by atoms with Crippen LogP contribution in [0.5, 0.6) is 0 Å². The average Bonchev–Trinajstić information content (AvgIpc) is 2.72. The zero-order chi connectivity index (χ0) is 20.7. The van der Waals surface area contributed by atoms with Crippen LogP contribution in [-0.4, -0.2) is 61.0 Å². The Kier molecular flexibility index (Phi) is 7.77. The minimum absolute atomic E-state index is 0.0441. The highest BCUT2D eigenvalue weighted by Crippen LogP contribution is 2.29. The summed E-state index contributed by atoms with van der Waals surface area (Å²) in [6.45, 7) is 2.36. The van der Waals surface area contributed by atoms with Gasteiger partial charge in [0.2, 0.25) is 0 Å². The Bertz CT molecular complexity index is 626. The van der Waals surface area contributed by atoms with Gasteiger partial charge in [-0.3, -0.25) is 0 Å². The maximum absolute atomic E-state index is 12.7. The van der Waals surface area contributed by atoms with Gasteiger partial charge in [0, 0.05) is 32.7 Å². The van der Waals surface area contributed by atoms with E-state index in [1.54, 1.807) is 0 Å². The number of alkyl halides is 3. The Hall–Kier alpha value is -1.80. The van der Waals surface area contributed by atoms with Crippen molar-refractivity contribution in [1.82, 2.24) is 15.1 Å². The normalized spacial score (nSPS) is 24.2. The molecule has 162 valence electrons. The zero-order valence-electron chi connectivity index (χ0n) is 16.7. The molecule has 1 N–H and O–H groups in total. The van der Waals surface area contributed by atoms with E-state index in [9.17, 15) is 18.0 Å². The van der Waals surface area contributed by atoms with E-state index in [4.69, 9.17) is 4.74 Å². The first-order valence-electron chi connectivity index (χ1n) is 10.4. The fourth-order valence-electron chi connectivity index (χ4n) is 4.09. The molecule has 2 aliphatic rings. The number of hydrogen-bond donors (Lipinski definition) is 1. The molecule has 1 saturated carbocycles. The highest BCUT2D eigenvalue weighted by molar-refractivity contribution is 5.67. The van der Waals surface area contributed by atoms with Gasteiger partial charge in [-0.1, -0.05) is 30.3 Å². The summed E-state index contributed by atoms with van der Waals surface area (Å²) in [4.78, 5) is 14.7. The van der Waals surface area contributed by atoms with Crippen LogP contribution in [0.15, 0.2) is 30.3 Å². The van der Waals surface area contributed by atoms with Crippen molar-refractivity contribution < 1.29 is 22.7 Å². The lowest BCUT2D eigenvalue weighted by Gasteiger charge is -2.36. The van der Waals surface area contributed by atoms with Crippen LogP contribution < -0.4 is 5.32 Å². The van der Waals surface area contributed by atoms with Gasteiger partial charge in [0.15, 0.2) is 0 Å². The number of carbonyl (C=O) groups is 1. The third kappa shape index (κ3) is 7.19. The van der Waals surface area contributed by atoms with Crippen molar-refractivity contribution >= 4 is 6.09 Å². The Labute approximate surface area is 170 Å². The molecule has 0 bridgehead atoms. The first-order valence-corrected chi connectivity index (χ1v) is 10.4. The summed E-state index contributed by atoms with van der Waals surface area (Å²) < 4.78 is 43.5. The summed E-state index contributed by atoms with van der Waals surface area (Å²) in [6, 6.07) is 9.70. The van der Waals surface area contributed by atoms with Gasteiger partial charge >= 0.3 is 12.4 Å². The van der Waals surface area contributed by atoms with Crippen LogP contribution in [0.25, 0.3) is 0 Å². The van der Waals surface area contributed by atoms with E-state index in [0.717, 1.165) is 44.2 Å². The molecule has 0 unspecified atom stereocenters. The zero-order valence-corrected chi connectivity index (χ0v) is 16.7. The maximum atomic E-state index is 12.7. The lowest BCUT2D eigenvalue weighted by Crippen LogP contribution is -2.52. The molecular formula is C21H30F3N3O2. The average molecular weight is 413 g/mol. The summed E-state index contributed by atoms with van der Waals surface area (Å²) in [5.41, 5.74) is 1.03. The van der Waals surface area contributed by atoms with Crippen molar-refractivity contribution in [3.05, 3.63) is 35.9 Å². The van der Waals surface area contributed by atoms with Gasteiger partial charge in [0.05, 0.1) is 0 Å². The van der Waals surface area contributed by atoms with Crippen molar-refractivity contribution in [3.63, 3.8) is 0 Å². The van der Waals surface area contributed by atoms with Crippen LogP contribution in [-0.2, 0) is 11.3 Å². The molecule has 1 heterocycles. The summed E-state index contributed by atoms with van der Waals surface area (Å²) in [7, 11) is 0. The standard InChI is InChI=1S/C21H30F3N3O2/c22-21(23,24)27-14-12-26(13-15-27)11-10-17-6-8-19(9-7-17)29-20(28)25-16-18-4-2-1-3-5-18/h1-5,17,19H,6-16H2,(H,25,28). The first kappa shape index (κ1) is 21.9. The fourth-order valence-corrected chi connectivity index (χ4v) is 4.09. The Morgan fingerprint density at radius 3 is 2.31 bits per heavy atom. The Morgan fingerprint density at radius 1 is 1.03 bits per heavy atom. The Morgan fingerprint density at radius 2 is 1.69 bits per heavy atom. The van der Waals surface area contributed by atoms with E-state index in [-0.39, 0.29) is 25.3 Å². The lowest BCUT2D eigenvalue weighted by molar-refractivity contribution is -0.252. The predicted molar refractivity (Wildman–Crippen MR) is 104 cm³/mol. The number of carbonyl (C=O) groups excluding carboxylic acids is 1. The van der Waals surface area contributed by atoms with Gasteiger partial charge in [-0.2, -0.15) is 13.2 Å². The van der Waals surface area contributed by atoms with Gasteiger partial charge in [-0.05, 0) is 50.1 Å². The number of amides is 1. The highest BCUT2D eigenvalue weighted by atomic mass is 19.4. The topological polar surface area (TPSA) is 44.8 Å². The van der Waals surface area contributed by atoms with Crippen LogP contribution in [0, 0.1) is 5.92 Å². The van der Waals surface area contributed by atoms with E-state index in [1.807, 2.05) is 30.3 Å². The van der Waals surface area contributed by atoms with Crippen molar-refractivity contribution in [2.75, 3.05) is 32.7 Å². The third-order valence-electron chi connectivity index (χ3n) is 5.93. The molecule has 0 aromatic heterocycles. The molecule has 1 saturated heterocycles. The number of benzene rings is 1. The molecule has 0 atom stereocenters. The third-order valence-corrected chi connectivity index (χ3v) is 5.93. The Balaban J connectivity index is 1.27. The SMILES string of the molecule is O=C(NCc1ccccc1)OC1CCC(CCN2CCN(C(F)(F)F)CC2)CC1. The van der Waals surface area contributed by atoms with E-state index in [0.29, 0.717) is 30.5 Å². The second-order valence-corrected chi connectivity index (χ2v) is 7.97. The maximum Gasteiger partial charge on any atom is 0.460 e. The second-order valence-electron chi connectivity index (χ2n) is 7.97. The number of nitrogens with one attached hydrogen (secondary N) is 1. The van der Waals surface area contributed by atoms with E-state index in [2.05, 4.69) is 10.2 Å². The van der Waals surface area contributed by atoms with Crippen molar-refractivity contribution in [2.45, 2.75) is 51.1 Å². The molecular weight excluding hydrogens is 383 g/mol. The molecule has 1 aromatic rings. The molecule has 0 radical (unpaired) electrons. The minimum Gasteiger partial charge on any atom is -0.446 e. The summed E-state index contributed by atoms with van der Waals surface area (Å²) in [5.74, 6) is 0.558. The molecule has 2 fully saturated rings. The van der Waals surface area contributed by atoms with Crippen molar-refractivity contribution in [2.24, 2.45) is 5.92 Å². The van der Waals surface area contributed by atoms with Gasteiger partial charge in [0.25, 0.3) is 0 Å². The van der Waals surface area contributed by atoms with Gasteiger partial charge in [-0.25, -0.2) is 9.69 Å². The molecule has 5 nitrogen and oxygen atoms in total. The number of hydrogen-bond acceptors (Lipinski definition) is 4. The fraction of sp³-hybridized carbons (Fsp3) is 0.667. The van der Waals surface area contributed by atoms with Crippen LogP contribution in [0.1, 0.15) is 37.7 Å². The van der Waals surface area contributed by atoms with E-state index in [1.165, 1.54) is 0 Å². The summed E-state index contributed by atoms with van der Waals surface area (Å²) in [5, 5.41) is 2.79. The predicted octanol–water partition coefficient (Wildman–Crippen LogP) is 4.00. The number of nitrogens with zero attached hydrogens (tertiary/aromatic N) is 2. The molecule has 8 heteroatoms. The molecule has 1 aliphatic carbocycles. The van der Waals surface area contributed by atoms with Crippen molar-refractivity contribution in [1.29, 1.82) is 0 Å². The number of piperazine rings is 1. The van der Waals surface area contributed by atoms with Crippen LogP contribution in [0.4, 0.5) is 18.0 Å². The van der Waals surface area contributed by atoms with Crippen LogP contribution in [0.3, 0.4) is 0 Å². The van der Waals surface area contributed by atoms with E-state index >= 15 is 0 Å². The highest BCUT2D eigenvalue weighted by Gasteiger charge is 2.38. The number of rotatable bonds is 6. The molecule has 0 spiro atoms. The number of halogens is 3. The van der Waals surface area contributed by atoms with Gasteiger partial charge in [-0.15, -0.1) is 0 Å². The number of alkyl carbamates (subject to hydrolysis) is 1. The summed E-state index contributed by atoms with van der Waals surface area (Å²) >= 11 is 0. The summed E-state index contributed by atoms with van der Waals surface area (Å²) in [6.07, 6.45) is 0.0724. The van der Waals surface area contributed by atoms with E-state index < -0.39 is 6.30 Å². The smallest absolute Gasteiger partial charge is 0.446 e. The monoisotopic (exact) mass is 413 g/mol. The largest absolute Gasteiger partial charge is 0.460 e. The minimum atomic E-state index is -4.21. The molecule has 29 heavy (non-hydrogen) atoms. The van der Waals surface area contributed by atoms with Crippen LogP contribution in [0.2, 0.25) is 0 Å². The molecule has 1 aliphatic heterocycles. The molecule has 1 amide bonds. The number of ether oxygens (including phenoxy) is 1. The van der Waals surface area contributed by atoms with Gasteiger partial charge in [0.1, 0.15) is 6.10 Å².